The predicted octanol–water partition coefficient (Wildman–Crippen LogP) is 5.79. The molecule has 20 heavy (non-hydrogen) atoms. The SMILES string of the molecule is CCCCCC1(CNC(C)C)CCC(C(C)(C)C)CC1. The maximum Gasteiger partial charge on any atom is 0.00106 e. The van der Waals surface area contributed by atoms with Gasteiger partial charge < -0.3 is 5.32 Å². The summed E-state index contributed by atoms with van der Waals surface area (Å²) in [7, 11) is 0. The quantitative estimate of drug-likeness (QED) is 0.583. The van der Waals surface area contributed by atoms with Crippen molar-refractivity contribution in [3.8, 4) is 0 Å². The third-order valence-corrected chi connectivity index (χ3v) is 5.47. The van der Waals surface area contributed by atoms with E-state index >= 15 is 0 Å². The van der Waals surface area contributed by atoms with Crippen molar-refractivity contribution in [3.05, 3.63) is 0 Å². The first-order valence-electron chi connectivity index (χ1n) is 9.02. The summed E-state index contributed by atoms with van der Waals surface area (Å²) in [5, 5.41) is 3.74. The zero-order chi connectivity index (χ0) is 15.2. The van der Waals surface area contributed by atoms with Crippen molar-refractivity contribution < 1.29 is 0 Å². The van der Waals surface area contributed by atoms with E-state index in [1.807, 2.05) is 0 Å². The Bertz CT molecular complexity index is 253. The summed E-state index contributed by atoms with van der Waals surface area (Å²) in [5.74, 6) is 0.931. The number of nitrogens with one attached hydrogen (secondary N) is 1. The lowest BCUT2D eigenvalue weighted by Gasteiger charge is -2.45. The second-order valence-electron chi connectivity index (χ2n) is 8.63. The lowest BCUT2D eigenvalue weighted by molar-refractivity contribution is 0.0761. The second kappa shape index (κ2) is 7.82. The number of hydrogen-bond donors (Lipinski definition) is 1. The summed E-state index contributed by atoms with van der Waals surface area (Å²) in [5.41, 5.74) is 1.10. The van der Waals surface area contributed by atoms with Gasteiger partial charge in [-0.25, -0.2) is 0 Å². The van der Waals surface area contributed by atoms with E-state index in [9.17, 15) is 0 Å². The minimum absolute atomic E-state index is 0.501. The van der Waals surface area contributed by atoms with Crippen LogP contribution in [0.2, 0.25) is 0 Å². The Hall–Kier alpha value is -0.0400. The molecule has 0 bridgehead atoms. The fraction of sp³-hybridized carbons (Fsp3) is 1.00. The molecule has 0 saturated heterocycles. The monoisotopic (exact) mass is 281 g/mol. The first kappa shape index (κ1) is 18.0. The van der Waals surface area contributed by atoms with Crippen LogP contribution in [0.25, 0.3) is 0 Å². The summed E-state index contributed by atoms with van der Waals surface area (Å²) in [6.45, 7) is 15.4. The van der Waals surface area contributed by atoms with Gasteiger partial charge in [0.25, 0.3) is 0 Å². The molecule has 0 aromatic heterocycles. The van der Waals surface area contributed by atoms with Crippen LogP contribution in [0.3, 0.4) is 0 Å². The molecule has 1 nitrogen and oxygen atoms in total. The normalized spacial score (nSPS) is 28.1. The van der Waals surface area contributed by atoms with Crippen molar-refractivity contribution in [2.75, 3.05) is 6.54 Å². The Labute approximate surface area is 128 Å². The summed E-state index contributed by atoms with van der Waals surface area (Å²) >= 11 is 0. The molecule has 0 radical (unpaired) electrons. The summed E-state index contributed by atoms with van der Waals surface area (Å²) in [6.07, 6.45) is 11.4. The van der Waals surface area contributed by atoms with Gasteiger partial charge in [-0.1, -0.05) is 60.8 Å². The molecule has 1 saturated carbocycles. The molecule has 120 valence electrons. The van der Waals surface area contributed by atoms with Crippen LogP contribution in [-0.4, -0.2) is 12.6 Å². The zero-order valence-electron chi connectivity index (χ0n) is 15.0. The lowest BCUT2D eigenvalue weighted by atomic mass is 9.62. The molecule has 0 aliphatic heterocycles. The van der Waals surface area contributed by atoms with Crippen molar-refractivity contribution in [3.63, 3.8) is 0 Å². The third kappa shape index (κ3) is 5.76. The van der Waals surface area contributed by atoms with E-state index in [1.54, 1.807) is 0 Å². The Morgan fingerprint density at radius 3 is 2.15 bits per heavy atom. The molecule has 1 rings (SSSR count). The lowest BCUT2D eigenvalue weighted by Crippen LogP contribution is -2.41. The van der Waals surface area contributed by atoms with Crippen LogP contribution < -0.4 is 5.32 Å². The smallest absolute Gasteiger partial charge is 0.00106 e. The summed E-state index contributed by atoms with van der Waals surface area (Å²) in [6, 6.07) is 0.624. The standard InChI is InChI=1S/C19H39N/c1-7-8-9-12-19(15-20-16(2)3)13-10-17(11-14-19)18(4,5)6/h16-17,20H,7-15H2,1-6H3. The second-order valence-corrected chi connectivity index (χ2v) is 8.63. The van der Waals surface area contributed by atoms with E-state index in [0.717, 1.165) is 5.92 Å². The predicted molar refractivity (Wildman–Crippen MR) is 91.1 cm³/mol. The van der Waals surface area contributed by atoms with Crippen LogP contribution in [0.15, 0.2) is 0 Å². The van der Waals surface area contributed by atoms with Crippen LogP contribution in [0.1, 0.15) is 92.9 Å². The Balaban J connectivity index is 2.57. The Morgan fingerprint density at radius 2 is 1.70 bits per heavy atom. The average Bonchev–Trinajstić information content (AvgIpc) is 2.36. The van der Waals surface area contributed by atoms with Gasteiger partial charge in [-0.15, -0.1) is 0 Å². The molecular weight excluding hydrogens is 242 g/mol. The molecule has 0 aromatic rings. The van der Waals surface area contributed by atoms with E-state index in [0.29, 0.717) is 16.9 Å². The molecule has 0 aromatic carbocycles. The molecule has 0 spiro atoms. The van der Waals surface area contributed by atoms with Crippen LogP contribution in [-0.2, 0) is 0 Å². The van der Waals surface area contributed by atoms with Gasteiger partial charge in [0.15, 0.2) is 0 Å². The maximum absolute atomic E-state index is 3.74. The van der Waals surface area contributed by atoms with Crippen molar-refractivity contribution in [2.45, 2.75) is 99.0 Å². The molecule has 0 amide bonds. The first-order chi connectivity index (χ1) is 9.29. The van der Waals surface area contributed by atoms with E-state index in [4.69, 9.17) is 0 Å². The van der Waals surface area contributed by atoms with Gasteiger partial charge in [0, 0.05) is 12.6 Å². The number of unbranched alkanes of at least 4 members (excludes halogenated alkanes) is 2. The molecule has 0 atom stereocenters. The van der Waals surface area contributed by atoms with Crippen LogP contribution in [0.4, 0.5) is 0 Å². The highest BCUT2D eigenvalue weighted by Gasteiger charge is 2.38. The molecule has 1 aliphatic rings. The minimum atomic E-state index is 0.501. The largest absolute Gasteiger partial charge is 0.314 e. The van der Waals surface area contributed by atoms with E-state index < -0.39 is 0 Å². The fourth-order valence-electron chi connectivity index (χ4n) is 3.78. The highest BCUT2D eigenvalue weighted by Crippen LogP contribution is 2.47. The molecule has 0 heterocycles. The molecule has 1 fully saturated rings. The van der Waals surface area contributed by atoms with Crippen LogP contribution >= 0.6 is 0 Å². The van der Waals surface area contributed by atoms with Gasteiger partial charge in [0.05, 0.1) is 0 Å². The fourth-order valence-corrected chi connectivity index (χ4v) is 3.78. The summed E-state index contributed by atoms with van der Waals surface area (Å²) < 4.78 is 0. The van der Waals surface area contributed by atoms with Crippen LogP contribution in [0.5, 0.6) is 0 Å². The Morgan fingerprint density at radius 1 is 1.10 bits per heavy atom. The topological polar surface area (TPSA) is 12.0 Å². The highest BCUT2D eigenvalue weighted by atomic mass is 14.9. The minimum Gasteiger partial charge on any atom is -0.314 e. The third-order valence-electron chi connectivity index (χ3n) is 5.47. The average molecular weight is 282 g/mol. The van der Waals surface area contributed by atoms with Crippen molar-refractivity contribution in [1.29, 1.82) is 0 Å². The molecule has 0 unspecified atom stereocenters. The van der Waals surface area contributed by atoms with Crippen LogP contribution in [0, 0.1) is 16.7 Å². The van der Waals surface area contributed by atoms with Gasteiger partial charge in [0.2, 0.25) is 0 Å². The van der Waals surface area contributed by atoms with E-state index in [2.05, 4.69) is 46.9 Å². The van der Waals surface area contributed by atoms with E-state index in [-0.39, 0.29) is 0 Å². The van der Waals surface area contributed by atoms with Gasteiger partial charge in [0.1, 0.15) is 0 Å². The van der Waals surface area contributed by atoms with Gasteiger partial charge in [-0.05, 0) is 48.9 Å². The summed E-state index contributed by atoms with van der Waals surface area (Å²) in [4.78, 5) is 0. The number of hydrogen-bond acceptors (Lipinski definition) is 1. The molecule has 1 N–H and O–H groups in total. The Kier molecular flexibility index (Phi) is 7.04. The molecule has 1 heteroatoms. The first-order valence-corrected chi connectivity index (χ1v) is 9.02. The van der Waals surface area contributed by atoms with Gasteiger partial charge >= 0.3 is 0 Å². The zero-order valence-corrected chi connectivity index (χ0v) is 15.0. The molecule has 1 aliphatic carbocycles. The van der Waals surface area contributed by atoms with E-state index in [1.165, 1.54) is 57.9 Å². The van der Waals surface area contributed by atoms with Gasteiger partial charge in [-0.2, -0.15) is 0 Å². The maximum atomic E-state index is 3.74. The molecular formula is C19H39N. The van der Waals surface area contributed by atoms with Crippen molar-refractivity contribution in [2.24, 2.45) is 16.7 Å². The highest BCUT2D eigenvalue weighted by molar-refractivity contribution is 4.90. The van der Waals surface area contributed by atoms with Crippen molar-refractivity contribution in [1.82, 2.24) is 5.32 Å². The van der Waals surface area contributed by atoms with Gasteiger partial charge in [-0.3, -0.25) is 0 Å². The number of rotatable bonds is 7. The van der Waals surface area contributed by atoms with Crippen molar-refractivity contribution >= 4 is 0 Å².